The Morgan fingerprint density at radius 3 is 2.30 bits per heavy atom. The molecule has 0 N–H and O–H groups in total. The quantitative estimate of drug-likeness (QED) is 0.689. The molecular weight excluding hydrogens is 276 g/mol. The molecule has 2 aromatic carbocycles. The number of nitrogens with zero attached hydrogens (tertiary/aromatic N) is 2. The van der Waals surface area contributed by atoms with Crippen molar-refractivity contribution in [1.29, 1.82) is 0 Å². The van der Waals surface area contributed by atoms with Crippen molar-refractivity contribution in [2.24, 2.45) is 7.05 Å². The zero-order chi connectivity index (χ0) is 14.3. The highest BCUT2D eigenvalue weighted by molar-refractivity contribution is 6.30. The highest BCUT2D eigenvalue weighted by atomic mass is 35.5. The average Bonchev–Trinajstić information content (AvgIpc) is 2.47. The zero-order valence-corrected chi connectivity index (χ0v) is 11.5. The number of benzene rings is 2. The summed E-state index contributed by atoms with van der Waals surface area (Å²) >= 11 is 5.83. The van der Waals surface area contributed by atoms with Crippen molar-refractivity contribution in [3.05, 3.63) is 74.4 Å². The minimum Gasteiger partial charge on any atom is -0.296 e. The minimum atomic E-state index is -0.379. The Morgan fingerprint density at radius 1 is 0.950 bits per heavy atom. The van der Waals surface area contributed by atoms with E-state index in [2.05, 4.69) is 0 Å². The van der Waals surface area contributed by atoms with Crippen LogP contribution in [0.15, 0.2) is 58.1 Å². The number of rotatable bonds is 1. The first-order chi connectivity index (χ1) is 9.59. The molecular formula is C15H11ClN2O2. The van der Waals surface area contributed by atoms with Gasteiger partial charge >= 0.3 is 5.69 Å². The molecule has 20 heavy (non-hydrogen) atoms. The van der Waals surface area contributed by atoms with Crippen molar-refractivity contribution in [3.63, 3.8) is 0 Å². The van der Waals surface area contributed by atoms with Gasteiger partial charge in [0.15, 0.2) is 0 Å². The highest BCUT2D eigenvalue weighted by Crippen LogP contribution is 2.12. The monoisotopic (exact) mass is 286 g/mol. The van der Waals surface area contributed by atoms with Crippen LogP contribution in [0.2, 0.25) is 5.02 Å². The van der Waals surface area contributed by atoms with Gasteiger partial charge in [0, 0.05) is 12.1 Å². The summed E-state index contributed by atoms with van der Waals surface area (Å²) in [5, 5.41) is 1.06. The third-order valence-electron chi connectivity index (χ3n) is 3.26. The average molecular weight is 287 g/mol. The molecule has 0 aliphatic rings. The molecule has 0 aliphatic carbocycles. The first-order valence-electron chi connectivity index (χ1n) is 6.06. The van der Waals surface area contributed by atoms with Crippen LogP contribution >= 0.6 is 11.6 Å². The van der Waals surface area contributed by atoms with Crippen LogP contribution in [0.5, 0.6) is 0 Å². The Kier molecular flexibility index (Phi) is 2.95. The lowest BCUT2D eigenvalue weighted by Crippen LogP contribution is -2.37. The molecule has 0 aliphatic heterocycles. The van der Waals surface area contributed by atoms with Crippen LogP contribution in [0.4, 0.5) is 0 Å². The molecule has 0 radical (unpaired) electrons. The lowest BCUT2D eigenvalue weighted by atomic mass is 10.2. The Hall–Kier alpha value is -2.33. The largest absolute Gasteiger partial charge is 0.335 e. The predicted molar refractivity (Wildman–Crippen MR) is 79.8 cm³/mol. The summed E-state index contributed by atoms with van der Waals surface area (Å²) in [5.74, 6) is 0. The van der Waals surface area contributed by atoms with E-state index in [-0.39, 0.29) is 11.2 Å². The summed E-state index contributed by atoms with van der Waals surface area (Å²) in [4.78, 5) is 24.9. The minimum absolute atomic E-state index is 0.328. The normalized spacial score (nSPS) is 10.9. The summed E-state index contributed by atoms with van der Waals surface area (Å²) in [5.41, 5.74) is 0.417. The molecule has 3 rings (SSSR count). The first kappa shape index (κ1) is 12.7. The standard InChI is InChI=1S/C15H11ClN2O2/c1-17-13-5-3-2-4-12(13)14(19)18(15(17)20)11-8-6-10(16)7-9-11/h2-9H,1H3. The second-order valence-electron chi connectivity index (χ2n) is 4.48. The molecule has 4 nitrogen and oxygen atoms in total. The summed E-state index contributed by atoms with van der Waals surface area (Å²) in [6.07, 6.45) is 0. The lowest BCUT2D eigenvalue weighted by molar-refractivity contribution is 0.774. The van der Waals surface area contributed by atoms with Crippen molar-refractivity contribution in [1.82, 2.24) is 9.13 Å². The summed E-state index contributed by atoms with van der Waals surface area (Å²) in [6.45, 7) is 0. The van der Waals surface area contributed by atoms with Crippen LogP contribution in [-0.4, -0.2) is 9.13 Å². The fourth-order valence-electron chi connectivity index (χ4n) is 2.23. The number of halogens is 1. The van der Waals surface area contributed by atoms with Crippen LogP contribution in [0.3, 0.4) is 0 Å². The van der Waals surface area contributed by atoms with E-state index in [0.717, 1.165) is 4.57 Å². The Bertz CT molecular complexity index is 908. The van der Waals surface area contributed by atoms with Crippen molar-refractivity contribution in [2.45, 2.75) is 0 Å². The van der Waals surface area contributed by atoms with Crippen molar-refractivity contribution < 1.29 is 0 Å². The molecule has 0 spiro atoms. The van der Waals surface area contributed by atoms with Crippen LogP contribution < -0.4 is 11.2 Å². The number of aromatic nitrogens is 2. The molecule has 1 heterocycles. The molecule has 0 fully saturated rings. The maximum Gasteiger partial charge on any atom is 0.335 e. The van der Waals surface area contributed by atoms with Crippen molar-refractivity contribution in [3.8, 4) is 5.69 Å². The molecule has 3 aromatic rings. The second kappa shape index (κ2) is 4.65. The van der Waals surface area contributed by atoms with Crippen LogP contribution in [0.1, 0.15) is 0 Å². The summed E-state index contributed by atoms with van der Waals surface area (Å²) in [6, 6.07) is 13.7. The van der Waals surface area contributed by atoms with Gasteiger partial charge in [0.1, 0.15) is 0 Å². The van der Waals surface area contributed by atoms with Crippen LogP contribution in [0, 0.1) is 0 Å². The highest BCUT2D eigenvalue weighted by Gasteiger charge is 2.11. The van der Waals surface area contributed by atoms with Gasteiger partial charge in [-0.25, -0.2) is 9.36 Å². The van der Waals surface area contributed by atoms with E-state index in [4.69, 9.17) is 11.6 Å². The third-order valence-corrected chi connectivity index (χ3v) is 3.51. The molecule has 100 valence electrons. The van der Waals surface area contributed by atoms with Gasteiger partial charge < -0.3 is 0 Å². The van der Waals surface area contributed by atoms with Gasteiger partial charge in [0.05, 0.1) is 16.6 Å². The molecule has 0 saturated carbocycles. The maximum absolute atomic E-state index is 12.5. The van der Waals surface area contributed by atoms with E-state index in [0.29, 0.717) is 21.6 Å². The lowest BCUT2D eigenvalue weighted by Gasteiger charge is -2.10. The summed E-state index contributed by atoms with van der Waals surface area (Å²) in [7, 11) is 1.65. The van der Waals surface area contributed by atoms with Gasteiger partial charge in [-0.3, -0.25) is 9.36 Å². The SMILES string of the molecule is Cn1c(=O)n(-c2ccc(Cl)cc2)c(=O)c2ccccc21. The zero-order valence-electron chi connectivity index (χ0n) is 10.7. The van der Waals surface area contributed by atoms with Gasteiger partial charge in [-0.2, -0.15) is 0 Å². The van der Waals surface area contributed by atoms with E-state index in [1.165, 1.54) is 4.57 Å². The van der Waals surface area contributed by atoms with Gasteiger partial charge in [0.2, 0.25) is 0 Å². The Balaban J connectivity index is 2.45. The molecule has 0 bridgehead atoms. The Morgan fingerprint density at radius 2 is 1.60 bits per heavy atom. The maximum atomic E-state index is 12.5. The molecule has 0 amide bonds. The number of hydrogen-bond acceptors (Lipinski definition) is 2. The second-order valence-corrected chi connectivity index (χ2v) is 4.91. The fraction of sp³-hybridized carbons (Fsp3) is 0.0667. The smallest absolute Gasteiger partial charge is 0.296 e. The van der Waals surface area contributed by atoms with Gasteiger partial charge in [-0.1, -0.05) is 23.7 Å². The molecule has 5 heteroatoms. The topological polar surface area (TPSA) is 44.0 Å². The molecule has 0 saturated heterocycles. The third kappa shape index (κ3) is 1.85. The van der Waals surface area contributed by atoms with Crippen molar-refractivity contribution in [2.75, 3.05) is 0 Å². The summed E-state index contributed by atoms with van der Waals surface area (Å²) < 4.78 is 2.62. The molecule has 0 atom stereocenters. The molecule has 0 unspecified atom stereocenters. The van der Waals surface area contributed by atoms with E-state index >= 15 is 0 Å². The predicted octanol–water partition coefficient (Wildman–Crippen LogP) is 2.34. The number of aryl methyl sites for hydroxylation is 1. The Labute approximate surface area is 119 Å². The van der Waals surface area contributed by atoms with Crippen molar-refractivity contribution >= 4 is 22.5 Å². The van der Waals surface area contributed by atoms with E-state index in [1.807, 2.05) is 0 Å². The van der Waals surface area contributed by atoms with E-state index < -0.39 is 0 Å². The van der Waals surface area contributed by atoms with Gasteiger partial charge in [-0.15, -0.1) is 0 Å². The molecule has 1 aromatic heterocycles. The van der Waals surface area contributed by atoms with Gasteiger partial charge in [-0.05, 0) is 36.4 Å². The number of fused-ring (bicyclic) bond motifs is 1. The number of hydrogen-bond donors (Lipinski definition) is 0. The fourth-order valence-corrected chi connectivity index (χ4v) is 2.35. The first-order valence-corrected chi connectivity index (χ1v) is 6.44. The van der Waals surface area contributed by atoms with E-state index in [1.54, 1.807) is 55.6 Å². The van der Waals surface area contributed by atoms with Crippen LogP contribution in [0.25, 0.3) is 16.6 Å². The van der Waals surface area contributed by atoms with Crippen LogP contribution in [-0.2, 0) is 7.05 Å². The number of para-hydroxylation sites is 1. The van der Waals surface area contributed by atoms with Gasteiger partial charge in [0.25, 0.3) is 5.56 Å². The van der Waals surface area contributed by atoms with E-state index in [9.17, 15) is 9.59 Å².